The van der Waals surface area contributed by atoms with Crippen LogP contribution in [0, 0.1) is 6.92 Å². The van der Waals surface area contributed by atoms with Gasteiger partial charge in [-0.3, -0.25) is 0 Å². The second kappa shape index (κ2) is 3.57. The van der Waals surface area contributed by atoms with Crippen LogP contribution in [0.3, 0.4) is 0 Å². The van der Waals surface area contributed by atoms with E-state index in [9.17, 15) is 0 Å². The van der Waals surface area contributed by atoms with Crippen molar-refractivity contribution in [2.75, 3.05) is 11.9 Å². The van der Waals surface area contributed by atoms with E-state index in [-0.39, 0.29) is 0 Å². The molecule has 0 amide bonds. The van der Waals surface area contributed by atoms with Gasteiger partial charge in [0.2, 0.25) is 0 Å². The van der Waals surface area contributed by atoms with Crippen molar-refractivity contribution in [3.8, 4) is 0 Å². The summed E-state index contributed by atoms with van der Waals surface area (Å²) in [5.74, 6) is 0.852. The Kier molecular flexibility index (Phi) is 2.26. The quantitative estimate of drug-likeness (QED) is 0.780. The topological polar surface area (TPSA) is 50.7 Å². The van der Waals surface area contributed by atoms with E-state index in [2.05, 4.69) is 20.3 Å². The second-order valence-electron chi connectivity index (χ2n) is 3.08. The highest BCUT2D eigenvalue weighted by atomic mass is 15.0. The molecule has 4 heteroatoms. The van der Waals surface area contributed by atoms with Crippen LogP contribution in [0.25, 0.3) is 11.0 Å². The van der Waals surface area contributed by atoms with Crippen LogP contribution in [0.2, 0.25) is 0 Å². The maximum Gasteiger partial charge on any atom is 0.164 e. The molecule has 0 aliphatic carbocycles. The Balaban J connectivity index is 2.62. The highest BCUT2D eigenvalue weighted by Crippen LogP contribution is 2.16. The molecule has 0 aromatic carbocycles. The molecule has 1 N–H and O–H groups in total. The van der Waals surface area contributed by atoms with Gasteiger partial charge in [0.25, 0.3) is 0 Å². The number of anilines is 1. The van der Waals surface area contributed by atoms with E-state index in [1.807, 2.05) is 26.0 Å². The first-order valence-corrected chi connectivity index (χ1v) is 4.63. The zero-order chi connectivity index (χ0) is 9.97. The van der Waals surface area contributed by atoms with E-state index in [1.165, 1.54) is 6.33 Å². The smallest absolute Gasteiger partial charge is 0.164 e. The van der Waals surface area contributed by atoms with Gasteiger partial charge in [-0.2, -0.15) is 0 Å². The number of aromatic nitrogens is 3. The predicted octanol–water partition coefficient (Wildman–Crippen LogP) is 1.77. The fourth-order valence-corrected chi connectivity index (χ4v) is 1.35. The molecule has 2 heterocycles. The summed E-state index contributed by atoms with van der Waals surface area (Å²) < 4.78 is 0. The van der Waals surface area contributed by atoms with Gasteiger partial charge in [0.1, 0.15) is 12.1 Å². The monoisotopic (exact) mass is 188 g/mol. The van der Waals surface area contributed by atoms with E-state index >= 15 is 0 Å². The van der Waals surface area contributed by atoms with Crippen molar-refractivity contribution in [1.82, 2.24) is 15.0 Å². The molecule has 0 aliphatic heterocycles. The van der Waals surface area contributed by atoms with Gasteiger partial charge in [-0.05, 0) is 26.0 Å². The summed E-state index contributed by atoms with van der Waals surface area (Å²) in [6.07, 6.45) is 1.53. The lowest BCUT2D eigenvalue weighted by molar-refractivity contribution is 1.11. The summed E-state index contributed by atoms with van der Waals surface area (Å²) in [5, 5.41) is 4.15. The number of nitrogens with zero attached hydrogens (tertiary/aromatic N) is 3. The van der Waals surface area contributed by atoms with Gasteiger partial charge in [-0.15, -0.1) is 0 Å². The Morgan fingerprint density at radius 3 is 2.93 bits per heavy atom. The van der Waals surface area contributed by atoms with Gasteiger partial charge in [0.05, 0.1) is 5.39 Å². The van der Waals surface area contributed by atoms with Crippen molar-refractivity contribution < 1.29 is 0 Å². The Morgan fingerprint density at radius 1 is 1.29 bits per heavy atom. The van der Waals surface area contributed by atoms with Crippen LogP contribution in [-0.4, -0.2) is 21.5 Å². The first-order chi connectivity index (χ1) is 6.81. The third kappa shape index (κ3) is 1.51. The van der Waals surface area contributed by atoms with Crippen molar-refractivity contribution in [1.29, 1.82) is 0 Å². The molecule has 0 atom stereocenters. The van der Waals surface area contributed by atoms with Crippen molar-refractivity contribution >= 4 is 16.9 Å². The number of rotatable bonds is 2. The molecular formula is C10H12N4. The minimum absolute atomic E-state index is 0.746. The van der Waals surface area contributed by atoms with Gasteiger partial charge in [-0.1, -0.05) is 0 Å². The van der Waals surface area contributed by atoms with Gasteiger partial charge in [-0.25, -0.2) is 15.0 Å². The highest BCUT2D eigenvalue weighted by molar-refractivity contribution is 5.86. The van der Waals surface area contributed by atoms with Crippen molar-refractivity contribution in [2.24, 2.45) is 0 Å². The van der Waals surface area contributed by atoms with Crippen LogP contribution in [0.4, 0.5) is 5.82 Å². The lowest BCUT2D eigenvalue weighted by atomic mass is 10.3. The van der Waals surface area contributed by atoms with Crippen molar-refractivity contribution in [3.05, 3.63) is 24.2 Å². The average molecular weight is 188 g/mol. The molecule has 0 radical (unpaired) electrons. The second-order valence-corrected chi connectivity index (χ2v) is 3.08. The number of pyridine rings is 1. The van der Waals surface area contributed by atoms with E-state index in [4.69, 9.17) is 0 Å². The number of hydrogen-bond acceptors (Lipinski definition) is 4. The molecule has 14 heavy (non-hydrogen) atoms. The highest BCUT2D eigenvalue weighted by Gasteiger charge is 2.02. The fourth-order valence-electron chi connectivity index (χ4n) is 1.35. The summed E-state index contributed by atoms with van der Waals surface area (Å²) in [6.45, 7) is 4.84. The van der Waals surface area contributed by atoms with Gasteiger partial charge in [0.15, 0.2) is 5.65 Å². The molecule has 2 aromatic heterocycles. The maximum absolute atomic E-state index is 4.33. The molecule has 2 aromatic rings. The normalized spacial score (nSPS) is 10.4. The zero-order valence-electron chi connectivity index (χ0n) is 8.28. The molecule has 0 saturated heterocycles. The van der Waals surface area contributed by atoms with Crippen LogP contribution in [0.1, 0.15) is 12.6 Å². The zero-order valence-corrected chi connectivity index (χ0v) is 8.28. The average Bonchev–Trinajstić information content (AvgIpc) is 2.18. The Morgan fingerprint density at radius 2 is 2.14 bits per heavy atom. The van der Waals surface area contributed by atoms with Gasteiger partial charge in [0, 0.05) is 12.2 Å². The molecular weight excluding hydrogens is 176 g/mol. The predicted molar refractivity (Wildman–Crippen MR) is 56.2 cm³/mol. The molecule has 0 saturated carbocycles. The first kappa shape index (κ1) is 8.87. The third-order valence-electron chi connectivity index (χ3n) is 1.98. The van der Waals surface area contributed by atoms with Crippen LogP contribution >= 0.6 is 0 Å². The number of fused-ring (bicyclic) bond motifs is 1. The van der Waals surface area contributed by atoms with Crippen molar-refractivity contribution in [2.45, 2.75) is 13.8 Å². The minimum Gasteiger partial charge on any atom is -0.370 e. The Bertz CT molecular complexity index is 453. The first-order valence-electron chi connectivity index (χ1n) is 4.63. The molecule has 0 unspecified atom stereocenters. The van der Waals surface area contributed by atoms with E-state index in [0.717, 1.165) is 29.1 Å². The summed E-state index contributed by atoms with van der Waals surface area (Å²) in [6, 6.07) is 3.96. The fraction of sp³-hybridized carbons (Fsp3) is 0.300. The molecule has 0 spiro atoms. The third-order valence-corrected chi connectivity index (χ3v) is 1.98. The summed E-state index contributed by atoms with van der Waals surface area (Å²) in [7, 11) is 0. The lowest BCUT2D eigenvalue weighted by Crippen LogP contribution is -2.01. The molecule has 0 bridgehead atoms. The molecule has 0 fully saturated rings. The SMILES string of the molecule is CCNc1ncnc2nc(C)ccc12. The lowest BCUT2D eigenvalue weighted by Gasteiger charge is -2.05. The largest absolute Gasteiger partial charge is 0.370 e. The summed E-state index contributed by atoms with van der Waals surface area (Å²) in [5.41, 5.74) is 1.72. The molecule has 2 rings (SSSR count). The number of nitrogens with one attached hydrogen (secondary N) is 1. The van der Waals surface area contributed by atoms with Crippen LogP contribution in [-0.2, 0) is 0 Å². The minimum atomic E-state index is 0.746. The Hall–Kier alpha value is -1.71. The summed E-state index contributed by atoms with van der Waals surface area (Å²) >= 11 is 0. The summed E-state index contributed by atoms with van der Waals surface area (Å²) in [4.78, 5) is 12.6. The Labute approximate surface area is 82.4 Å². The molecule has 4 nitrogen and oxygen atoms in total. The van der Waals surface area contributed by atoms with Gasteiger partial charge >= 0.3 is 0 Å². The van der Waals surface area contributed by atoms with Crippen LogP contribution in [0.5, 0.6) is 0 Å². The van der Waals surface area contributed by atoms with Gasteiger partial charge < -0.3 is 5.32 Å². The number of aryl methyl sites for hydroxylation is 1. The molecule has 0 aliphatic rings. The standard InChI is InChI=1S/C10H12N4/c1-3-11-9-8-5-4-7(2)14-10(8)13-6-12-9/h4-6H,3H2,1-2H3,(H,11,12,13,14). The van der Waals surface area contributed by atoms with Crippen LogP contribution < -0.4 is 5.32 Å². The van der Waals surface area contributed by atoms with E-state index in [1.54, 1.807) is 0 Å². The van der Waals surface area contributed by atoms with Crippen molar-refractivity contribution in [3.63, 3.8) is 0 Å². The number of hydrogen-bond donors (Lipinski definition) is 1. The van der Waals surface area contributed by atoms with E-state index in [0.29, 0.717) is 0 Å². The van der Waals surface area contributed by atoms with E-state index < -0.39 is 0 Å². The maximum atomic E-state index is 4.33. The van der Waals surface area contributed by atoms with Crippen LogP contribution in [0.15, 0.2) is 18.5 Å². The molecule has 72 valence electrons.